The Balaban J connectivity index is 1.93. The predicted octanol–water partition coefficient (Wildman–Crippen LogP) is 2.36. The van der Waals surface area contributed by atoms with Crippen LogP contribution in [0.3, 0.4) is 0 Å². The summed E-state index contributed by atoms with van der Waals surface area (Å²) in [5.41, 5.74) is 4.05. The van der Waals surface area contributed by atoms with E-state index in [1.165, 1.54) is 0 Å². The van der Waals surface area contributed by atoms with Crippen LogP contribution >= 0.6 is 0 Å². The lowest BCUT2D eigenvalue weighted by atomic mass is 10.1. The second-order valence-electron chi connectivity index (χ2n) is 5.50. The number of amides is 1. The summed E-state index contributed by atoms with van der Waals surface area (Å²) in [5, 5.41) is 3.94. The molecule has 1 N–H and O–H groups in total. The van der Waals surface area contributed by atoms with Gasteiger partial charge in [-0.2, -0.15) is 0 Å². The molecule has 0 bridgehead atoms. The van der Waals surface area contributed by atoms with Gasteiger partial charge in [-0.3, -0.25) is 9.78 Å². The van der Waals surface area contributed by atoms with Crippen LogP contribution in [0.5, 0.6) is 0 Å². The Bertz CT molecular complexity index is 836. The molecule has 1 aliphatic heterocycles. The molecule has 0 unspecified atom stereocenters. The molecular weight excluding hydrogens is 274 g/mol. The van der Waals surface area contributed by atoms with Crippen LogP contribution in [-0.4, -0.2) is 22.0 Å². The van der Waals surface area contributed by atoms with Gasteiger partial charge in [-0.05, 0) is 30.5 Å². The maximum absolute atomic E-state index is 12.4. The highest BCUT2D eigenvalue weighted by atomic mass is 16.1. The second kappa shape index (κ2) is 5.19. The molecule has 1 amide bonds. The summed E-state index contributed by atoms with van der Waals surface area (Å²) < 4.78 is 2.22. The average molecular weight is 289 g/mol. The number of aromatic nitrogens is 2. The van der Waals surface area contributed by atoms with Crippen molar-refractivity contribution in [1.29, 1.82) is 0 Å². The van der Waals surface area contributed by atoms with E-state index in [0.29, 0.717) is 6.54 Å². The minimum Gasteiger partial charge on any atom is -0.352 e. The molecule has 4 heteroatoms. The van der Waals surface area contributed by atoms with Gasteiger partial charge in [0, 0.05) is 42.6 Å². The molecule has 3 heterocycles. The minimum absolute atomic E-state index is 0.0158. The maximum atomic E-state index is 12.4. The lowest BCUT2D eigenvalue weighted by Gasteiger charge is -2.10. The molecule has 4 rings (SSSR count). The van der Waals surface area contributed by atoms with Crippen LogP contribution in [0.15, 0.2) is 36.7 Å². The van der Waals surface area contributed by atoms with Crippen molar-refractivity contribution >= 4 is 16.8 Å². The molecule has 0 spiro atoms. The van der Waals surface area contributed by atoms with Crippen molar-refractivity contribution in [3.63, 3.8) is 0 Å². The molecule has 3 aromatic rings. The Morgan fingerprint density at radius 3 is 3.09 bits per heavy atom. The van der Waals surface area contributed by atoms with E-state index in [9.17, 15) is 4.79 Å². The van der Waals surface area contributed by atoms with Crippen molar-refractivity contribution in [1.82, 2.24) is 14.9 Å². The predicted molar refractivity (Wildman–Crippen MR) is 83.6 cm³/mol. The molecule has 0 radical (unpaired) electrons. The first-order valence-corrected chi connectivity index (χ1v) is 7.44. The maximum Gasteiger partial charge on any atom is 0.253 e. The molecule has 0 aliphatic carbocycles. The molecule has 2 aromatic heterocycles. The van der Waals surface area contributed by atoms with Gasteiger partial charge in [0.25, 0.3) is 5.91 Å². The van der Waals surface area contributed by atoms with Crippen molar-refractivity contribution < 1.29 is 4.79 Å². The van der Waals surface area contributed by atoms with Gasteiger partial charge in [0.05, 0.1) is 11.1 Å². The molecule has 22 heavy (non-hydrogen) atoms. The summed E-state index contributed by atoms with van der Waals surface area (Å²) in [7, 11) is 0. The zero-order valence-corrected chi connectivity index (χ0v) is 12.1. The summed E-state index contributed by atoms with van der Waals surface area (Å²) >= 11 is 0. The third kappa shape index (κ3) is 2.03. The summed E-state index contributed by atoms with van der Waals surface area (Å²) in [4.78, 5) is 16.6. The first-order valence-electron chi connectivity index (χ1n) is 7.44. The summed E-state index contributed by atoms with van der Waals surface area (Å²) in [6.07, 6.45) is 5.49. The highest BCUT2D eigenvalue weighted by Crippen LogP contribution is 2.28. The quantitative estimate of drug-likeness (QED) is 0.787. The highest BCUT2D eigenvalue weighted by molar-refractivity contribution is 6.08. The van der Waals surface area contributed by atoms with E-state index >= 15 is 0 Å². The number of carbonyl (C=O) groups excluding carboxylic acids is 1. The van der Waals surface area contributed by atoms with Gasteiger partial charge >= 0.3 is 0 Å². The Hall–Kier alpha value is -2.80. The van der Waals surface area contributed by atoms with Gasteiger partial charge in [0.1, 0.15) is 0 Å². The number of rotatable bonds is 2. The third-order valence-electron chi connectivity index (χ3n) is 4.13. The van der Waals surface area contributed by atoms with Crippen LogP contribution in [0, 0.1) is 12.1 Å². The summed E-state index contributed by atoms with van der Waals surface area (Å²) in [5.74, 6) is 0.0158. The minimum atomic E-state index is 0.0158. The van der Waals surface area contributed by atoms with Gasteiger partial charge < -0.3 is 9.88 Å². The number of nitrogens with zero attached hydrogens (tertiary/aromatic N) is 2. The fourth-order valence-corrected chi connectivity index (χ4v) is 3.15. The first kappa shape index (κ1) is 12.9. The van der Waals surface area contributed by atoms with Crippen LogP contribution in [0.2, 0.25) is 0 Å². The fraction of sp³-hybridized carbons (Fsp3) is 0.222. The zero-order valence-electron chi connectivity index (χ0n) is 12.1. The van der Waals surface area contributed by atoms with Gasteiger partial charge in [-0.1, -0.05) is 18.2 Å². The van der Waals surface area contributed by atoms with Crippen LogP contribution in [-0.2, 0) is 13.0 Å². The van der Waals surface area contributed by atoms with Crippen LogP contribution in [0.4, 0.5) is 0 Å². The summed E-state index contributed by atoms with van der Waals surface area (Å²) in [6, 6.07) is 13.7. The fourth-order valence-electron chi connectivity index (χ4n) is 3.15. The Kier molecular flexibility index (Phi) is 3.05. The van der Waals surface area contributed by atoms with E-state index in [1.54, 1.807) is 6.20 Å². The Labute approximate surface area is 128 Å². The first-order chi connectivity index (χ1) is 10.8. The number of hydrogen-bond acceptors (Lipinski definition) is 2. The van der Waals surface area contributed by atoms with Crippen molar-refractivity contribution in [2.24, 2.45) is 0 Å². The lowest BCUT2D eigenvalue weighted by molar-refractivity contribution is 0.0957. The van der Waals surface area contributed by atoms with Gasteiger partial charge in [0.2, 0.25) is 0 Å². The van der Waals surface area contributed by atoms with Crippen molar-refractivity contribution in [2.45, 2.75) is 19.4 Å². The lowest BCUT2D eigenvalue weighted by Crippen LogP contribution is -2.22. The standard InChI is InChI=1S/C18H15N3O/c22-18-17-14-6-1-2-7-15(14)21(16(17)8-4-10-20-18)12-13-5-3-9-19-11-13/h3,5-7,9,11H,4,8,10,12H2,(H,20,22). The van der Waals surface area contributed by atoms with Crippen LogP contribution in [0.1, 0.15) is 28.0 Å². The molecule has 0 atom stereocenters. The van der Waals surface area contributed by atoms with E-state index in [-0.39, 0.29) is 5.91 Å². The Morgan fingerprint density at radius 1 is 1.32 bits per heavy atom. The van der Waals surface area contributed by atoms with Gasteiger partial charge in [-0.25, -0.2) is 0 Å². The third-order valence-corrected chi connectivity index (χ3v) is 4.13. The van der Waals surface area contributed by atoms with Crippen molar-refractivity contribution in [3.8, 4) is 0 Å². The number of carbonyl (C=O) groups is 1. The number of fused-ring (bicyclic) bond motifs is 3. The number of pyridine rings is 1. The molecule has 1 aromatic carbocycles. The van der Waals surface area contributed by atoms with E-state index < -0.39 is 0 Å². The van der Waals surface area contributed by atoms with Gasteiger partial charge in [-0.15, -0.1) is 0 Å². The molecule has 108 valence electrons. The van der Waals surface area contributed by atoms with Crippen molar-refractivity contribution in [3.05, 3.63) is 65.6 Å². The van der Waals surface area contributed by atoms with Crippen LogP contribution in [0.25, 0.3) is 10.9 Å². The van der Waals surface area contributed by atoms with Gasteiger partial charge in [0.15, 0.2) is 0 Å². The average Bonchev–Trinajstić information content (AvgIpc) is 2.73. The normalized spacial score (nSPS) is 14.1. The topological polar surface area (TPSA) is 46.9 Å². The Morgan fingerprint density at radius 2 is 2.23 bits per heavy atom. The molecular formula is C18H15N3O. The summed E-state index contributed by atoms with van der Waals surface area (Å²) in [6.45, 7) is 1.44. The SMILES string of the molecule is O=C1NCCCc2c1c1cc#ccc1n2Cc1cccnc1. The zero-order chi connectivity index (χ0) is 14.9. The van der Waals surface area contributed by atoms with E-state index in [0.717, 1.165) is 47.1 Å². The van der Waals surface area contributed by atoms with Crippen LogP contribution < -0.4 is 5.32 Å². The molecule has 4 nitrogen and oxygen atoms in total. The highest BCUT2D eigenvalue weighted by Gasteiger charge is 2.24. The van der Waals surface area contributed by atoms with E-state index in [1.807, 2.05) is 24.4 Å². The monoisotopic (exact) mass is 289 g/mol. The largest absolute Gasteiger partial charge is 0.352 e. The number of hydrogen-bond donors (Lipinski definition) is 1. The molecule has 0 saturated carbocycles. The van der Waals surface area contributed by atoms with E-state index in [4.69, 9.17) is 0 Å². The molecule has 0 fully saturated rings. The number of nitrogens with one attached hydrogen (secondary N) is 1. The molecule has 1 aliphatic rings. The van der Waals surface area contributed by atoms with Crippen molar-refractivity contribution in [2.75, 3.05) is 6.54 Å². The molecule has 0 saturated heterocycles. The second-order valence-corrected chi connectivity index (χ2v) is 5.50. The van der Waals surface area contributed by atoms with E-state index in [2.05, 4.69) is 33.1 Å². The smallest absolute Gasteiger partial charge is 0.253 e.